The molecule has 0 radical (unpaired) electrons. The van der Waals surface area contributed by atoms with Gasteiger partial charge in [0.15, 0.2) is 0 Å². The van der Waals surface area contributed by atoms with Crippen LogP contribution in [0.5, 0.6) is 0 Å². The second-order valence-electron chi connectivity index (χ2n) is 5.17. The minimum absolute atomic E-state index is 0.0104. The molecule has 0 spiro atoms. The lowest BCUT2D eigenvalue weighted by molar-refractivity contribution is -0.149. The molecule has 1 saturated heterocycles. The van der Waals surface area contributed by atoms with Crippen LogP contribution in [0.2, 0.25) is 0 Å². The molecule has 108 valence electrons. The van der Waals surface area contributed by atoms with Gasteiger partial charge in [-0.05, 0) is 31.0 Å². The SMILES string of the molecule is CCC1(C)NC(=O)CN(Cc2cc(F)cc(F)c2)C1=O. The normalized spacial score (nSPS) is 22.9. The van der Waals surface area contributed by atoms with Gasteiger partial charge in [-0.15, -0.1) is 0 Å². The van der Waals surface area contributed by atoms with Crippen LogP contribution >= 0.6 is 0 Å². The molecule has 1 N–H and O–H groups in total. The molecule has 6 heteroatoms. The van der Waals surface area contributed by atoms with Gasteiger partial charge in [0.1, 0.15) is 17.2 Å². The van der Waals surface area contributed by atoms with Crippen molar-refractivity contribution < 1.29 is 18.4 Å². The highest BCUT2D eigenvalue weighted by Gasteiger charge is 2.41. The molecule has 0 saturated carbocycles. The van der Waals surface area contributed by atoms with E-state index < -0.39 is 17.2 Å². The number of hydrogen-bond acceptors (Lipinski definition) is 2. The maximum absolute atomic E-state index is 13.2. The van der Waals surface area contributed by atoms with Crippen molar-refractivity contribution in [1.82, 2.24) is 10.2 Å². The van der Waals surface area contributed by atoms with Gasteiger partial charge < -0.3 is 10.2 Å². The Labute approximate surface area is 115 Å². The highest BCUT2D eigenvalue weighted by molar-refractivity contribution is 5.97. The van der Waals surface area contributed by atoms with Crippen molar-refractivity contribution in [3.05, 3.63) is 35.4 Å². The predicted octanol–water partition coefficient (Wildman–Crippen LogP) is 1.59. The topological polar surface area (TPSA) is 49.4 Å². The first-order valence-corrected chi connectivity index (χ1v) is 6.39. The zero-order valence-corrected chi connectivity index (χ0v) is 11.4. The van der Waals surface area contributed by atoms with Gasteiger partial charge in [0.05, 0.1) is 6.54 Å². The lowest BCUT2D eigenvalue weighted by Crippen LogP contribution is -2.64. The van der Waals surface area contributed by atoms with Crippen LogP contribution in [-0.2, 0) is 16.1 Å². The molecule has 1 fully saturated rings. The van der Waals surface area contributed by atoms with Crippen LogP contribution < -0.4 is 5.32 Å². The third-order valence-corrected chi connectivity index (χ3v) is 3.51. The average Bonchev–Trinajstić information content (AvgIpc) is 2.34. The Morgan fingerprint density at radius 3 is 2.40 bits per heavy atom. The van der Waals surface area contributed by atoms with Gasteiger partial charge >= 0.3 is 0 Å². The highest BCUT2D eigenvalue weighted by Crippen LogP contribution is 2.20. The summed E-state index contributed by atoms with van der Waals surface area (Å²) in [5.74, 6) is -1.92. The zero-order chi connectivity index (χ0) is 14.9. The highest BCUT2D eigenvalue weighted by atomic mass is 19.1. The van der Waals surface area contributed by atoms with E-state index in [-0.39, 0.29) is 24.9 Å². The second-order valence-corrected chi connectivity index (χ2v) is 5.17. The lowest BCUT2D eigenvalue weighted by Gasteiger charge is -2.39. The summed E-state index contributed by atoms with van der Waals surface area (Å²) in [5, 5.41) is 2.65. The number of nitrogens with one attached hydrogen (secondary N) is 1. The molecule has 0 aromatic heterocycles. The predicted molar refractivity (Wildman–Crippen MR) is 68.6 cm³/mol. The summed E-state index contributed by atoms with van der Waals surface area (Å²) in [6.45, 7) is 3.35. The smallest absolute Gasteiger partial charge is 0.248 e. The molecular weight excluding hydrogens is 266 g/mol. The number of carbonyl (C=O) groups excluding carboxylic acids is 2. The van der Waals surface area contributed by atoms with E-state index in [1.54, 1.807) is 13.8 Å². The Hall–Kier alpha value is -1.98. The number of piperazine rings is 1. The molecule has 1 aliphatic rings. The second kappa shape index (κ2) is 5.19. The maximum atomic E-state index is 13.2. The summed E-state index contributed by atoms with van der Waals surface area (Å²) in [4.78, 5) is 25.3. The maximum Gasteiger partial charge on any atom is 0.248 e. The van der Waals surface area contributed by atoms with E-state index in [0.717, 1.165) is 18.2 Å². The van der Waals surface area contributed by atoms with Crippen LogP contribution in [0.4, 0.5) is 8.78 Å². The molecule has 20 heavy (non-hydrogen) atoms. The Kier molecular flexibility index (Phi) is 3.74. The summed E-state index contributed by atoms with van der Waals surface area (Å²) < 4.78 is 26.3. The van der Waals surface area contributed by atoms with Crippen LogP contribution in [0.1, 0.15) is 25.8 Å². The van der Waals surface area contributed by atoms with Crippen molar-refractivity contribution in [1.29, 1.82) is 0 Å². The number of rotatable bonds is 3. The molecule has 4 nitrogen and oxygen atoms in total. The van der Waals surface area contributed by atoms with Gasteiger partial charge in [-0.2, -0.15) is 0 Å². The van der Waals surface area contributed by atoms with E-state index in [4.69, 9.17) is 0 Å². The fourth-order valence-corrected chi connectivity index (χ4v) is 2.28. The first-order chi connectivity index (χ1) is 9.34. The summed E-state index contributed by atoms with van der Waals surface area (Å²) in [6, 6.07) is 3.09. The molecule has 0 aliphatic carbocycles. The van der Waals surface area contributed by atoms with E-state index in [1.807, 2.05) is 0 Å². The van der Waals surface area contributed by atoms with Crippen LogP contribution in [0.25, 0.3) is 0 Å². The largest absolute Gasteiger partial charge is 0.340 e. The minimum atomic E-state index is -0.957. The number of halogens is 2. The van der Waals surface area contributed by atoms with Gasteiger partial charge in [-0.3, -0.25) is 9.59 Å². The van der Waals surface area contributed by atoms with Crippen LogP contribution in [0.3, 0.4) is 0 Å². The molecule has 2 amide bonds. The van der Waals surface area contributed by atoms with Gasteiger partial charge in [-0.25, -0.2) is 8.78 Å². The van der Waals surface area contributed by atoms with Gasteiger partial charge in [0.25, 0.3) is 0 Å². The number of nitrogens with zero attached hydrogens (tertiary/aromatic N) is 1. The quantitative estimate of drug-likeness (QED) is 0.915. The fraction of sp³-hybridized carbons (Fsp3) is 0.429. The lowest BCUT2D eigenvalue weighted by atomic mass is 9.94. The van der Waals surface area contributed by atoms with E-state index in [9.17, 15) is 18.4 Å². The van der Waals surface area contributed by atoms with Crippen molar-refractivity contribution in [2.24, 2.45) is 0 Å². The van der Waals surface area contributed by atoms with Crippen molar-refractivity contribution >= 4 is 11.8 Å². The van der Waals surface area contributed by atoms with Crippen LogP contribution in [0, 0.1) is 11.6 Å². The molecule has 1 aromatic carbocycles. The monoisotopic (exact) mass is 282 g/mol. The number of amides is 2. The number of benzene rings is 1. The van der Waals surface area contributed by atoms with Gasteiger partial charge in [0, 0.05) is 12.6 Å². The number of hydrogen-bond donors (Lipinski definition) is 1. The van der Waals surface area contributed by atoms with E-state index >= 15 is 0 Å². The average molecular weight is 282 g/mol. The summed E-state index contributed by atoms with van der Waals surface area (Å²) in [6.07, 6.45) is 0.450. The van der Waals surface area contributed by atoms with Crippen LogP contribution in [-0.4, -0.2) is 28.8 Å². The summed E-state index contributed by atoms with van der Waals surface area (Å²) >= 11 is 0. The van der Waals surface area contributed by atoms with Crippen molar-refractivity contribution in [2.75, 3.05) is 6.54 Å². The Morgan fingerprint density at radius 2 is 1.85 bits per heavy atom. The molecule has 1 unspecified atom stereocenters. The minimum Gasteiger partial charge on any atom is -0.340 e. The first kappa shape index (κ1) is 14.4. The van der Waals surface area contributed by atoms with Crippen molar-refractivity contribution in [3.63, 3.8) is 0 Å². The third kappa shape index (κ3) is 2.79. The van der Waals surface area contributed by atoms with Crippen LogP contribution in [0.15, 0.2) is 18.2 Å². The van der Waals surface area contributed by atoms with Crippen molar-refractivity contribution in [3.8, 4) is 0 Å². The third-order valence-electron chi connectivity index (χ3n) is 3.51. The molecule has 1 atom stereocenters. The Morgan fingerprint density at radius 1 is 1.25 bits per heavy atom. The Bertz CT molecular complexity index is 542. The molecular formula is C14H16F2N2O2. The van der Waals surface area contributed by atoms with E-state index in [2.05, 4.69) is 5.32 Å². The molecule has 1 aromatic rings. The molecule has 1 aliphatic heterocycles. The van der Waals surface area contributed by atoms with Gasteiger partial charge in [0.2, 0.25) is 11.8 Å². The molecule has 0 bridgehead atoms. The van der Waals surface area contributed by atoms with Crippen molar-refractivity contribution in [2.45, 2.75) is 32.4 Å². The Balaban J connectivity index is 2.23. The summed E-state index contributed by atoms with van der Waals surface area (Å²) in [5.41, 5.74) is -0.634. The fourth-order valence-electron chi connectivity index (χ4n) is 2.28. The molecule has 1 heterocycles. The zero-order valence-electron chi connectivity index (χ0n) is 11.4. The summed E-state index contributed by atoms with van der Waals surface area (Å²) in [7, 11) is 0. The standard InChI is InChI=1S/C14H16F2N2O2/c1-3-14(2)13(20)18(8-12(19)17-14)7-9-4-10(15)6-11(16)5-9/h4-6H,3,7-8H2,1-2H3,(H,17,19). The van der Waals surface area contributed by atoms with E-state index in [0.29, 0.717) is 12.0 Å². The van der Waals surface area contributed by atoms with Gasteiger partial charge in [-0.1, -0.05) is 6.92 Å². The first-order valence-electron chi connectivity index (χ1n) is 6.39. The number of carbonyl (C=O) groups is 2. The molecule has 2 rings (SSSR count). The van der Waals surface area contributed by atoms with E-state index in [1.165, 1.54) is 4.90 Å².